The Labute approximate surface area is 122 Å². The highest BCUT2D eigenvalue weighted by Crippen LogP contribution is 2.16. The van der Waals surface area contributed by atoms with Crippen LogP contribution in [0.25, 0.3) is 0 Å². The second-order valence-corrected chi connectivity index (χ2v) is 4.97. The van der Waals surface area contributed by atoms with Gasteiger partial charge in [0.25, 0.3) is 5.91 Å². The third kappa shape index (κ3) is 3.59. The second kappa shape index (κ2) is 6.54. The molecule has 0 bridgehead atoms. The molecule has 0 saturated carbocycles. The van der Waals surface area contributed by atoms with Gasteiger partial charge in [-0.2, -0.15) is 0 Å². The van der Waals surface area contributed by atoms with E-state index >= 15 is 0 Å². The number of carbonyl (C=O) groups is 1. The summed E-state index contributed by atoms with van der Waals surface area (Å²) in [6, 6.07) is 7.27. The molecule has 106 valence electrons. The van der Waals surface area contributed by atoms with Gasteiger partial charge in [0, 0.05) is 24.3 Å². The Morgan fingerprint density at radius 1 is 1.45 bits per heavy atom. The lowest BCUT2D eigenvalue weighted by molar-refractivity contribution is 0.0935. The Morgan fingerprint density at radius 3 is 2.80 bits per heavy atom. The van der Waals surface area contributed by atoms with Crippen molar-refractivity contribution in [2.75, 3.05) is 6.54 Å². The van der Waals surface area contributed by atoms with Crippen LogP contribution in [-0.2, 0) is 6.54 Å². The fourth-order valence-corrected chi connectivity index (χ4v) is 1.98. The van der Waals surface area contributed by atoms with Crippen molar-refractivity contribution in [3.63, 3.8) is 0 Å². The van der Waals surface area contributed by atoms with E-state index in [1.807, 2.05) is 19.1 Å². The molecule has 3 N–H and O–H groups in total. The summed E-state index contributed by atoms with van der Waals surface area (Å²) in [5, 5.41) is 3.57. The molecule has 5 nitrogen and oxygen atoms in total. The van der Waals surface area contributed by atoms with E-state index in [4.69, 9.17) is 17.3 Å². The largest absolute Gasteiger partial charge is 0.344 e. The predicted octanol–water partition coefficient (Wildman–Crippen LogP) is 1.99. The first-order valence-electron chi connectivity index (χ1n) is 6.38. The lowest BCUT2D eigenvalue weighted by Gasteiger charge is -2.13. The number of imidazole rings is 1. The van der Waals surface area contributed by atoms with E-state index in [-0.39, 0.29) is 11.9 Å². The molecule has 0 saturated heterocycles. The summed E-state index contributed by atoms with van der Waals surface area (Å²) in [6.45, 7) is 3.07. The van der Waals surface area contributed by atoms with E-state index in [1.165, 1.54) is 0 Å². The number of aromatic nitrogens is 2. The van der Waals surface area contributed by atoms with Crippen LogP contribution in [0.15, 0.2) is 36.8 Å². The molecule has 0 radical (unpaired) electrons. The number of carbonyl (C=O) groups excluding carboxylic acids is 1. The van der Waals surface area contributed by atoms with Crippen molar-refractivity contribution in [2.45, 2.75) is 19.5 Å². The van der Waals surface area contributed by atoms with Gasteiger partial charge in [-0.3, -0.25) is 4.79 Å². The van der Waals surface area contributed by atoms with Crippen molar-refractivity contribution in [3.8, 4) is 0 Å². The Hall–Kier alpha value is -1.85. The Kier molecular flexibility index (Phi) is 4.76. The highest BCUT2D eigenvalue weighted by atomic mass is 35.5. The van der Waals surface area contributed by atoms with Crippen LogP contribution in [0.3, 0.4) is 0 Å². The van der Waals surface area contributed by atoms with Gasteiger partial charge in [-0.1, -0.05) is 23.7 Å². The number of hydrogen-bond acceptors (Lipinski definition) is 3. The molecule has 0 fully saturated rings. The van der Waals surface area contributed by atoms with Crippen LogP contribution in [0.5, 0.6) is 0 Å². The Morgan fingerprint density at radius 2 is 2.15 bits per heavy atom. The van der Waals surface area contributed by atoms with Crippen LogP contribution in [0.4, 0.5) is 0 Å². The molecule has 1 amide bonds. The van der Waals surface area contributed by atoms with E-state index in [2.05, 4.69) is 10.3 Å². The van der Waals surface area contributed by atoms with Crippen LogP contribution in [0.2, 0.25) is 5.02 Å². The van der Waals surface area contributed by atoms with E-state index in [0.29, 0.717) is 23.8 Å². The smallest absolute Gasteiger partial charge is 0.271 e. The molecule has 20 heavy (non-hydrogen) atoms. The first kappa shape index (κ1) is 14.6. The van der Waals surface area contributed by atoms with Gasteiger partial charge in [0.15, 0.2) is 0 Å². The maximum Gasteiger partial charge on any atom is 0.271 e. The van der Waals surface area contributed by atoms with Crippen LogP contribution < -0.4 is 11.1 Å². The Bertz CT molecular complexity index is 579. The normalized spacial score (nSPS) is 12.2. The zero-order valence-corrected chi connectivity index (χ0v) is 12.0. The number of nitrogens with two attached hydrogens (primary N) is 1. The third-order valence-electron chi connectivity index (χ3n) is 2.97. The molecule has 1 atom stereocenters. The van der Waals surface area contributed by atoms with Crippen molar-refractivity contribution in [1.82, 2.24) is 14.9 Å². The van der Waals surface area contributed by atoms with Crippen molar-refractivity contribution < 1.29 is 4.79 Å². The number of rotatable bonds is 5. The highest BCUT2D eigenvalue weighted by molar-refractivity contribution is 6.30. The molecule has 0 aliphatic rings. The molecule has 2 rings (SSSR count). The SMILES string of the molecule is CC(NC(=O)c1cn(CCN)cn1)c1ccc(Cl)cc1. The predicted molar refractivity (Wildman–Crippen MR) is 78.6 cm³/mol. The number of amides is 1. The van der Waals surface area contributed by atoms with Crippen LogP contribution >= 0.6 is 11.6 Å². The summed E-state index contributed by atoms with van der Waals surface area (Å²) >= 11 is 5.84. The fraction of sp³-hybridized carbons (Fsp3) is 0.286. The molecule has 0 spiro atoms. The van der Waals surface area contributed by atoms with Crippen LogP contribution in [-0.4, -0.2) is 22.0 Å². The molecule has 2 aromatic rings. The fourth-order valence-electron chi connectivity index (χ4n) is 1.85. The summed E-state index contributed by atoms with van der Waals surface area (Å²) in [5.41, 5.74) is 6.83. The van der Waals surface area contributed by atoms with Gasteiger partial charge in [0.05, 0.1) is 12.4 Å². The average molecular weight is 293 g/mol. The number of hydrogen-bond donors (Lipinski definition) is 2. The monoisotopic (exact) mass is 292 g/mol. The minimum atomic E-state index is -0.205. The molecule has 0 aliphatic carbocycles. The standard InChI is InChI=1S/C14H17ClN4O/c1-10(11-2-4-12(15)5-3-11)18-14(20)13-8-19(7-6-16)9-17-13/h2-5,8-10H,6-7,16H2,1H3,(H,18,20). The maximum atomic E-state index is 12.1. The molecular formula is C14H17ClN4O. The van der Waals surface area contributed by atoms with Crippen molar-refractivity contribution in [3.05, 3.63) is 53.1 Å². The van der Waals surface area contributed by atoms with E-state index in [1.54, 1.807) is 29.2 Å². The number of nitrogens with zero attached hydrogens (tertiary/aromatic N) is 2. The van der Waals surface area contributed by atoms with E-state index in [0.717, 1.165) is 5.56 Å². The summed E-state index contributed by atoms with van der Waals surface area (Å²) in [5.74, 6) is -0.205. The zero-order valence-electron chi connectivity index (χ0n) is 11.2. The van der Waals surface area contributed by atoms with Gasteiger partial charge in [-0.05, 0) is 24.6 Å². The van der Waals surface area contributed by atoms with Crippen molar-refractivity contribution in [1.29, 1.82) is 0 Å². The molecule has 1 heterocycles. The van der Waals surface area contributed by atoms with Gasteiger partial charge >= 0.3 is 0 Å². The molecule has 1 aromatic heterocycles. The number of benzene rings is 1. The van der Waals surface area contributed by atoms with Crippen molar-refractivity contribution >= 4 is 17.5 Å². The van der Waals surface area contributed by atoms with Gasteiger partial charge in [-0.15, -0.1) is 0 Å². The number of halogens is 1. The van der Waals surface area contributed by atoms with Gasteiger partial charge < -0.3 is 15.6 Å². The topological polar surface area (TPSA) is 72.9 Å². The maximum absolute atomic E-state index is 12.1. The lowest BCUT2D eigenvalue weighted by Crippen LogP contribution is -2.26. The quantitative estimate of drug-likeness (QED) is 0.885. The molecule has 0 aliphatic heterocycles. The molecule has 1 aromatic carbocycles. The lowest BCUT2D eigenvalue weighted by atomic mass is 10.1. The van der Waals surface area contributed by atoms with E-state index < -0.39 is 0 Å². The Balaban J connectivity index is 2.01. The highest BCUT2D eigenvalue weighted by Gasteiger charge is 2.13. The van der Waals surface area contributed by atoms with Gasteiger partial charge in [-0.25, -0.2) is 4.98 Å². The summed E-state index contributed by atoms with van der Waals surface area (Å²) in [7, 11) is 0. The van der Waals surface area contributed by atoms with Crippen molar-refractivity contribution in [2.24, 2.45) is 5.73 Å². The zero-order chi connectivity index (χ0) is 14.5. The molecule has 1 unspecified atom stereocenters. The third-order valence-corrected chi connectivity index (χ3v) is 3.22. The van der Waals surface area contributed by atoms with Crippen LogP contribution in [0.1, 0.15) is 29.0 Å². The summed E-state index contributed by atoms with van der Waals surface area (Å²) in [6.07, 6.45) is 3.30. The van der Waals surface area contributed by atoms with Gasteiger partial charge in [0.1, 0.15) is 5.69 Å². The molecule has 6 heteroatoms. The van der Waals surface area contributed by atoms with Crippen LogP contribution in [0, 0.1) is 0 Å². The molecular weight excluding hydrogens is 276 g/mol. The second-order valence-electron chi connectivity index (χ2n) is 4.53. The van der Waals surface area contributed by atoms with E-state index in [9.17, 15) is 4.79 Å². The summed E-state index contributed by atoms with van der Waals surface area (Å²) in [4.78, 5) is 16.1. The number of nitrogens with one attached hydrogen (secondary N) is 1. The summed E-state index contributed by atoms with van der Waals surface area (Å²) < 4.78 is 1.79. The minimum Gasteiger partial charge on any atom is -0.344 e. The minimum absolute atomic E-state index is 0.112. The first-order valence-corrected chi connectivity index (χ1v) is 6.76. The van der Waals surface area contributed by atoms with Gasteiger partial charge in [0.2, 0.25) is 0 Å². The average Bonchev–Trinajstić information content (AvgIpc) is 2.88. The first-order chi connectivity index (χ1) is 9.60.